The van der Waals surface area contributed by atoms with Gasteiger partial charge < -0.3 is 0 Å². The van der Waals surface area contributed by atoms with Gasteiger partial charge in [-0.15, -0.1) is 33.2 Å². The van der Waals surface area contributed by atoms with E-state index in [-0.39, 0.29) is 0 Å². The highest BCUT2D eigenvalue weighted by Crippen LogP contribution is 2.25. The van der Waals surface area contributed by atoms with Crippen LogP contribution >= 0.6 is 33.2 Å². The number of nitrogens with zero attached hydrogens (tertiary/aromatic N) is 2. The summed E-state index contributed by atoms with van der Waals surface area (Å²) in [7, 11) is 0. The molecular formula is C12H9Cl3N2Si. The summed E-state index contributed by atoms with van der Waals surface area (Å²) in [4.78, 5) is 0. The normalized spacial score (nSPS) is 11.9. The van der Waals surface area contributed by atoms with Crippen LogP contribution in [0.5, 0.6) is 0 Å². The van der Waals surface area contributed by atoms with Crippen molar-refractivity contribution in [3.05, 3.63) is 54.6 Å². The summed E-state index contributed by atoms with van der Waals surface area (Å²) in [5, 5.41) is 8.92. The zero-order valence-electron chi connectivity index (χ0n) is 9.22. The first-order valence-corrected chi connectivity index (χ1v) is 10.2. The number of rotatable bonds is 3. The molecule has 0 fully saturated rings. The van der Waals surface area contributed by atoms with Crippen LogP contribution < -0.4 is 5.19 Å². The summed E-state index contributed by atoms with van der Waals surface area (Å²) in [6.07, 6.45) is 0. The van der Waals surface area contributed by atoms with Crippen molar-refractivity contribution in [2.45, 2.75) is 0 Å². The Kier molecular flexibility index (Phi) is 4.40. The van der Waals surface area contributed by atoms with Crippen LogP contribution in [0.4, 0.5) is 11.4 Å². The molecule has 0 aliphatic heterocycles. The maximum Gasteiger partial charge on any atom is 0.375 e. The van der Waals surface area contributed by atoms with Crippen LogP contribution in [0.15, 0.2) is 64.8 Å². The van der Waals surface area contributed by atoms with E-state index in [1.165, 1.54) is 0 Å². The average Bonchev–Trinajstić information content (AvgIpc) is 2.37. The van der Waals surface area contributed by atoms with Gasteiger partial charge >= 0.3 is 6.00 Å². The van der Waals surface area contributed by atoms with Crippen LogP contribution in [-0.4, -0.2) is 6.00 Å². The Morgan fingerprint density at radius 3 is 2.00 bits per heavy atom. The summed E-state index contributed by atoms with van der Waals surface area (Å²) in [6.45, 7) is 0. The van der Waals surface area contributed by atoms with Crippen LogP contribution in [0.2, 0.25) is 0 Å². The fourth-order valence-corrected chi connectivity index (χ4v) is 3.55. The molecule has 0 amide bonds. The van der Waals surface area contributed by atoms with Gasteiger partial charge in [0.2, 0.25) is 0 Å². The number of azo groups is 1. The van der Waals surface area contributed by atoms with Crippen molar-refractivity contribution >= 4 is 55.8 Å². The predicted octanol–water partition coefficient (Wildman–Crippen LogP) is 4.96. The van der Waals surface area contributed by atoms with Crippen molar-refractivity contribution in [3.8, 4) is 0 Å². The molecule has 0 N–H and O–H groups in total. The highest BCUT2D eigenvalue weighted by atomic mass is 35.8. The van der Waals surface area contributed by atoms with E-state index < -0.39 is 6.00 Å². The van der Waals surface area contributed by atoms with E-state index in [0.717, 1.165) is 5.69 Å². The predicted molar refractivity (Wildman–Crippen MR) is 80.0 cm³/mol. The summed E-state index contributed by atoms with van der Waals surface area (Å²) in [5.41, 5.74) is 1.37. The molecule has 0 saturated carbocycles. The maximum atomic E-state index is 6.01. The van der Waals surface area contributed by atoms with Gasteiger partial charge in [-0.1, -0.05) is 36.4 Å². The molecule has 92 valence electrons. The number of benzene rings is 2. The van der Waals surface area contributed by atoms with Gasteiger partial charge in [-0.05, 0) is 18.2 Å². The smallest absolute Gasteiger partial charge is 0.151 e. The second kappa shape index (κ2) is 5.84. The van der Waals surface area contributed by atoms with Gasteiger partial charge in [0.15, 0.2) is 0 Å². The average molecular weight is 316 g/mol. The van der Waals surface area contributed by atoms with Crippen LogP contribution in [0, 0.1) is 0 Å². The summed E-state index contributed by atoms with van der Waals surface area (Å²) < 4.78 is 0. The van der Waals surface area contributed by atoms with Crippen LogP contribution in [0.1, 0.15) is 0 Å². The van der Waals surface area contributed by atoms with E-state index in [2.05, 4.69) is 10.2 Å². The molecule has 6 heteroatoms. The van der Waals surface area contributed by atoms with Gasteiger partial charge in [0.25, 0.3) is 0 Å². The van der Waals surface area contributed by atoms with Crippen LogP contribution in [0.25, 0.3) is 0 Å². The summed E-state index contributed by atoms with van der Waals surface area (Å²) in [5.74, 6) is 0. The fraction of sp³-hybridized carbons (Fsp3) is 0. The third-order valence-electron chi connectivity index (χ3n) is 2.24. The molecule has 2 rings (SSSR count). The van der Waals surface area contributed by atoms with Gasteiger partial charge in [-0.3, -0.25) is 0 Å². The Balaban J connectivity index is 2.33. The fourth-order valence-electron chi connectivity index (χ4n) is 1.41. The second-order valence-electron chi connectivity index (χ2n) is 3.55. The lowest BCUT2D eigenvalue weighted by molar-refractivity contribution is 1.24. The molecule has 0 aromatic heterocycles. The highest BCUT2D eigenvalue weighted by molar-refractivity contribution is 7.69. The van der Waals surface area contributed by atoms with Gasteiger partial charge in [0.05, 0.1) is 11.4 Å². The van der Waals surface area contributed by atoms with E-state index in [1.807, 2.05) is 42.5 Å². The number of hydrogen-bond donors (Lipinski definition) is 0. The minimum Gasteiger partial charge on any atom is -0.151 e. The largest absolute Gasteiger partial charge is 0.375 e. The summed E-state index contributed by atoms with van der Waals surface area (Å²) in [6, 6.07) is 13.7. The van der Waals surface area contributed by atoms with Crippen molar-refractivity contribution < 1.29 is 0 Å². The van der Waals surface area contributed by atoms with Crippen molar-refractivity contribution in [2.24, 2.45) is 10.2 Å². The molecule has 18 heavy (non-hydrogen) atoms. The Hall–Kier alpha value is -0.873. The van der Waals surface area contributed by atoms with E-state index in [4.69, 9.17) is 33.2 Å². The molecule has 2 aromatic carbocycles. The van der Waals surface area contributed by atoms with E-state index in [1.54, 1.807) is 12.1 Å². The molecule has 0 bridgehead atoms. The molecule has 2 aromatic rings. The third kappa shape index (κ3) is 3.56. The maximum absolute atomic E-state index is 6.01. The summed E-state index contributed by atoms with van der Waals surface area (Å²) >= 11 is 18.0. The zero-order chi connectivity index (χ0) is 13.0. The molecule has 0 unspecified atom stereocenters. The van der Waals surface area contributed by atoms with Crippen LogP contribution in [-0.2, 0) is 0 Å². The zero-order valence-corrected chi connectivity index (χ0v) is 12.5. The first-order chi connectivity index (χ1) is 8.57. The standard InChI is InChI=1S/C12H9Cl3N2Si/c13-18(14,15)12-9-5-4-8-11(12)17-16-10-6-2-1-3-7-10/h1-9H. The molecule has 0 aliphatic carbocycles. The lowest BCUT2D eigenvalue weighted by Crippen LogP contribution is -2.30. The second-order valence-corrected chi connectivity index (χ2v) is 11.9. The topological polar surface area (TPSA) is 24.7 Å². The molecule has 0 atom stereocenters. The Bertz CT molecular complexity index is 553. The molecule has 2 nitrogen and oxygen atoms in total. The Morgan fingerprint density at radius 2 is 1.33 bits per heavy atom. The van der Waals surface area contributed by atoms with E-state index in [0.29, 0.717) is 10.9 Å². The lowest BCUT2D eigenvalue weighted by Gasteiger charge is -2.09. The molecule has 0 saturated heterocycles. The van der Waals surface area contributed by atoms with Crippen molar-refractivity contribution in [1.82, 2.24) is 0 Å². The lowest BCUT2D eigenvalue weighted by atomic mass is 10.3. The van der Waals surface area contributed by atoms with Crippen molar-refractivity contribution in [2.75, 3.05) is 0 Å². The Morgan fingerprint density at radius 1 is 0.722 bits per heavy atom. The Labute approximate surface area is 120 Å². The minimum absolute atomic E-state index is 0.605. The first-order valence-electron chi connectivity index (χ1n) is 5.20. The SMILES string of the molecule is Cl[Si](Cl)(Cl)c1ccccc1N=Nc1ccccc1. The van der Waals surface area contributed by atoms with Gasteiger partial charge in [0, 0.05) is 5.19 Å². The van der Waals surface area contributed by atoms with E-state index >= 15 is 0 Å². The molecule has 0 radical (unpaired) electrons. The molecule has 0 aliphatic rings. The van der Waals surface area contributed by atoms with Gasteiger partial charge in [0.1, 0.15) is 0 Å². The highest BCUT2D eigenvalue weighted by Gasteiger charge is 2.30. The van der Waals surface area contributed by atoms with E-state index in [9.17, 15) is 0 Å². The first kappa shape index (κ1) is 13.6. The van der Waals surface area contributed by atoms with Crippen LogP contribution in [0.3, 0.4) is 0 Å². The third-order valence-corrected chi connectivity index (χ3v) is 5.10. The molecule has 0 heterocycles. The van der Waals surface area contributed by atoms with Gasteiger partial charge in [-0.2, -0.15) is 10.2 Å². The number of hydrogen-bond acceptors (Lipinski definition) is 2. The van der Waals surface area contributed by atoms with Crippen molar-refractivity contribution in [1.29, 1.82) is 0 Å². The van der Waals surface area contributed by atoms with Crippen molar-refractivity contribution in [3.63, 3.8) is 0 Å². The number of halogens is 3. The monoisotopic (exact) mass is 314 g/mol. The van der Waals surface area contributed by atoms with Gasteiger partial charge in [-0.25, -0.2) is 0 Å². The molecule has 0 spiro atoms. The molecular weight excluding hydrogens is 307 g/mol. The quantitative estimate of drug-likeness (QED) is 0.434. The minimum atomic E-state index is -2.95.